The van der Waals surface area contributed by atoms with Gasteiger partial charge in [0.25, 0.3) is 0 Å². The lowest BCUT2D eigenvalue weighted by Crippen LogP contribution is -2.51. The summed E-state index contributed by atoms with van der Waals surface area (Å²) in [4.78, 5) is 33.8. The zero-order chi connectivity index (χ0) is 38.5. The fourth-order valence-electron chi connectivity index (χ4n) is 10.8. The molecule has 6 heteroatoms. The van der Waals surface area contributed by atoms with E-state index >= 15 is 0 Å². The number of esters is 3. The lowest BCUT2D eigenvalue weighted by molar-refractivity contribution is -0.148. The molecule has 2 aromatic carbocycles. The highest BCUT2D eigenvalue weighted by Crippen LogP contribution is 2.67. The van der Waals surface area contributed by atoms with Crippen molar-refractivity contribution in [2.24, 2.45) is 46.3 Å². The molecule has 0 aromatic heterocycles. The van der Waals surface area contributed by atoms with E-state index in [1.807, 2.05) is 24.3 Å². The molecule has 8 unspecified atom stereocenters. The zero-order valence-electron chi connectivity index (χ0n) is 33.7. The van der Waals surface area contributed by atoms with Crippen LogP contribution < -0.4 is 9.47 Å². The largest absolute Gasteiger partial charge is 0.462 e. The van der Waals surface area contributed by atoms with Crippen molar-refractivity contribution in [2.75, 3.05) is 0 Å². The summed E-state index contributed by atoms with van der Waals surface area (Å²) in [6.07, 6.45) is 17.2. The summed E-state index contributed by atoms with van der Waals surface area (Å²) in [7, 11) is 0. The second kappa shape index (κ2) is 17.2. The second-order valence-electron chi connectivity index (χ2n) is 17.6. The van der Waals surface area contributed by atoms with E-state index in [2.05, 4.69) is 47.3 Å². The molecule has 0 spiro atoms. The molecule has 0 heterocycles. The first-order chi connectivity index (χ1) is 25.1. The lowest BCUT2D eigenvalue weighted by Gasteiger charge is -2.58. The normalized spacial score (nSPS) is 29.2. The van der Waals surface area contributed by atoms with Gasteiger partial charge in [0.15, 0.2) is 0 Å². The van der Waals surface area contributed by atoms with Crippen LogP contribution in [0.4, 0.5) is 0 Å². The van der Waals surface area contributed by atoms with Gasteiger partial charge in [-0.05, 0) is 134 Å². The van der Waals surface area contributed by atoms with Gasteiger partial charge < -0.3 is 14.2 Å². The van der Waals surface area contributed by atoms with Gasteiger partial charge in [0.05, 0.1) is 0 Å². The van der Waals surface area contributed by atoms with Crippen LogP contribution in [0.25, 0.3) is 11.1 Å². The zero-order valence-corrected chi connectivity index (χ0v) is 33.7. The molecule has 0 aliphatic heterocycles. The van der Waals surface area contributed by atoms with Crippen molar-refractivity contribution in [1.29, 1.82) is 0 Å². The smallest absolute Gasteiger partial charge is 0.338 e. The number of carbonyl (C=O) groups excluding carboxylic acids is 3. The third kappa shape index (κ3) is 9.53. The third-order valence-corrected chi connectivity index (χ3v) is 13.5. The maximum Gasteiger partial charge on any atom is 0.338 e. The number of ether oxygens (including phenoxy) is 3. The molecule has 0 amide bonds. The molecule has 0 N–H and O–H groups in total. The second-order valence-corrected chi connectivity index (χ2v) is 17.6. The van der Waals surface area contributed by atoms with E-state index in [4.69, 9.17) is 14.2 Å². The third-order valence-electron chi connectivity index (χ3n) is 13.5. The Morgan fingerprint density at radius 3 is 1.96 bits per heavy atom. The van der Waals surface area contributed by atoms with Crippen molar-refractivity contribution < 1.29 is 28.6 Å². The average Bonchev–Trinajstić information content (AvgIpc) is 3.46. The Morgan fingerprint density at radius 2 is 1.40 bits per heavy atom. The molecule has 3 saturated carbocycles. The highest BCUT2D eigenvalue weighted by molar-refractivity contribution is 5.88. The molecule has 0 bridgehead atoms. The van der Waals surface area contributed by atoms with Crippen molar-refractivity contribution in [3.8, 4) is 22.6 Å². The highest BCUT2D eigenvalue weighted by Gasteiger charge is 2.59. The Balaban J connectivity index is 0.000000217. The van der Waals surface area contributed by atoms with Crippen LogP contribution in [-0.2, 0) is 19.1 Å². The molecule has 4 aliphatic carbocycles. The number of rotatable bonds is 10. The Kier molecular flexibility index (Phi) is 13.2. The molecule has 288 valence electrons. The van der Waals surface area contributed by atoms with E-state index in [-0.39, 0.29) is 18.0 Å². The molecular formula is C47H64O6. The number of hydrogen-bond acceptors (Lipinski definition) is 6. The Labute approximate surface area is 319 Å². The van der Waals surface area contributed by atoms with E-state index in [0.29, 0.717) is 27.9 Å². The number of benzene rings is 2. The maximum absolute atomic E-state index is 11.5. The average molecular weight is 725 g/mol. The fraction of sp³-hybridized carbons (Fsp3) is 0.596. The topological polar surface area (TPSA) is 78.9 Å². The van der Waals surface area contributed by atoms with Gasteiger partial charge in [0, 0.05) is 25.8 Å². The van der Waals surface area contributed by atoms with Crippen LogP contribution in [0, 0.1) is 46.3 Å². The minimum Gasteiger partial charge on any atom is -0.462 e. The van der Waals surface area contributed by atoms with Crippen LogP contribution >= 0.6 is 0 Å². The summed E-state index contributed by atoms with van der Waals surface area (Å²) < 4.78 is 15.7. The summed E-state index contributed by atoms with van der Waals surface area (Å²) >= 11 is 0. The summed E-state index contributed by atoms with van der Waals surface area (Å²) in [5.41, 5.74) is 4.81. The van der Waals surface area contributed by atoms with Crippen LogP contribution in [0.3, 0.4) is 0 Å². The predicted octanol–water partition coefficient (Wildman–Crippen LogP) is 11.7. The van der Waals surface area contributed by atoms with Gasteiger partial charge >= 0.3 is 17.9 Å². The first-order valence-electron chi connectivity index (χ1n) is 20.2. The first-order valence-corrected chi connectivity index (χ1v) is 20.2. The molecule has 6 nitrogen and oxygen atoms in total. The standard InChI is InChI=1S/C29H48O2.C18H16O4/c1-19(2)8-7-9-20(3)25-12-13-26-24-11-10-22-18-23(31-21(4)30)14-16-28(22,5)27(24)15-17-29(25,26)6;1-12(2)18(20)22-17-10-6-15(7-11-17)14-4-8-16(9-5-14)21-13(3)19/h10,19-20,23-27H,7-9,11-18H2,1-6H3;4-11H,1H2,2-3H3. The van der Waals surface area contributed by atoms with E-state index in [0.717, 1.165) is 59.5 Å². The monoisotopic (exact) mass is 724 g/mol. The maximum atomic E-state index is 11.5. The van der Waals surface area contributed by atoms with E-state index in [1.54, 1.807) is 43.7 Å². The Bertz CT molecular complexity index is 1640. The quantitative estimate of drug-likeness (QED) is 0.105. The van der Waals surface area contributed by atoms with Gasteiger partial charge in [-0.15, -0.1) is 0 Å². The molecule has 8 atom stereocenters. The summed E-state index contributed by atoms with van der Waals surface area (Å²) in [6.45, 7) is 20.6. The van der Waals surface area contributed by atoms with Crippen molar-refractivity contribution in [2.45, 2.75) is 132 Å². The van der Waals surface area contributed by atoms with Gasteiger partial charge in [-0.1, -0.05) is 96.4 Å². The van der Waals surface area contributed by atoms with Crippen LogP contribution in [-0.4, -0.2) is 24.0 Å². The van der Waals surface area contributed by atoms with Crippen molar-refractivity contribution in [3.63, 3.8) is 0 Å². The summed E-state index contributed by atoms with van der Waals surface area (Å²) in [5, 5.41) is 0. The van der Waals surface area contributed by atoms with E-state index in [1.165, 1.54) is 64.7 Å². The van der Waals surface area contributed by atoms with E-state index in [9.17, 15) is 14.4 Å². The Hall–Kier alpha value is -3.67. The van der Waals surface area contributed by atoms with Gasteiger partial charge in [-0.25, -0.2) is 4.79 Å². The van der Waals surface area contributed by atoms with Crippen LogP contribution in [0.1, 0.15) is 126 Å². The first kappa shape index (κ1) is 40.5. The number of hydrogen-bond donors (Lipinski definition) is 0. The molecular weight excluding hydrogens is 661 g/mol. The van der Waals surface area contributed by atoms with Crippen molar-refractivity contribution in [1.82, 2.24) is 0 Å². The predicted molar refractivity (Wildman–Crippen MR) is 212 cm³/mol. The summed E-state index contributed by atoms with van der Waals surface area (Å²) in [5.74, 6) is 5.36. The molecule has 4 aliphatic rings. The highest BCUT2D eigenvalue weighted by atomic mass is 16.5. The molecule has 3 fully saturated rings. The summed E-state index contributed by atoms with van der Waals surface area (Å²) in [6, 6.07) is 14.3. The van der Waals surface area contributed by atoms with Crippen molar-refractivity contribution in [3.05, 3.63) is 72.3 Å². The van der Waals surface area contributed by atoms with E-state index < -0.39 is 5.97 Å². The molecule has 2 aromatic rings. The van der Waals surface area contributed by atoms with Gasteiger partial charge in [-0.2, -0.15) is 0 Å². The van der Waals surface area contributed by atoms with Crippen LogP contribution in [0.15, 0.2) is 72.3 Å². The SMILES string of the molecule is C=C(C)C(=O)Oc1ccc(-c2ccc(OC(C)=O)cc2)cc1.CC(=O)OC1CCC2(C)C(=CCC3C2CCC2(C)C(C(C)CCCC(C)C)CCC32)C1. The van der Waals surface area contributed by atoms with Gasteiger partial charge in [0.1, 0.15) is 17.6 Å². The van der Waals surface area contributed by atoms with Crippen LogP contribution in [0.5, 0.6) is 11.5 Å². The fourth-order valence-corrected chi connectivity index (χ4v) is 10.8. The molecule has 0 saturated heterocycles. The molecule has 6 rings (SSSR count). The minimum absolute atomic E-state index is 0.115. The minimum atomic E-state index is -0.446. The molecule has 0 radical (unpaired) electrons. The molecule has 53 heavy (non-hydrogen) atoms. The number of allylic oxidation sites excluding steroid dienone is 1. The number of carbonyl (C=O) groups is 3. The Morgan fingerprint density at radius 1 is 0.774 bits per heavy atom. The lowest BCUT2D eigenvalue weighted by atomic mass is 9.47. The van der Waals surface area contributed by atoms with Gasteiger partial charge in [0.2, 0.25) is 0 Å². The van der Waals surface area contributed by atoms with Crippen molar-refractivity contribution >= 4 is 17.9 Å². The van der Waals surface area contributed by atoms with Crippen LogP contribution in [0.2, 0.25) is 0 Å². The number of fused-ring (bicyclic) bond motifs is 5. The van der Waals surface area contributed by atoms with Gasteiger partial charge in [-0.3, -0.25) is 9.59 Å².